The SMILES string of the molecule is CC=N/C(=C/C(C)F)c1nc2c3c(nc(OC[C@]4(CC)C[C@@H](F)CN4C)nc3c1F)N(CC(F)F)CCO2.[HH]. The first-order valence-electron chi connectivity index (χ1n) is 12.5. The maximum absolute atomic E-state index is 16.0. The van der Waals surface area contributed by atoms with E-state index in [1.807, 2.05) is 11.8 Å². The zero-order chi connectivity index (χ0) is 27.6. The van der Waals surface area contributed by atoms with E-state index in [9.17, 15) is 17.6 Å². The molecule has 1 saturated heterocycles. The number of likely N-dealkylation sites (tertiary alicyclic amines) is 1. The fourth-order valence-corrected chi connectivity index (χ4v) is 4.92. The molecule has 1 fully saturated rings. The highest BCUT2D eigenvalue weighted by molar-refractivity contribution is 5.96. The second-order valence-corrected chi connectivity index (χ2v) is 9.48. The minimum atomic E-state index is -2.71. The molecule has 2 aromatic heterocycles. The highest BCUT2D eigenvalue weighted by atomic mass is 19.3. The summed E-state index contributed by atoms with van der Waals surface area (Å²) < 4.78 is 82.5. The zero-order valence-corrected chi connectivity index (χ0v) is 21.7. The quantitative estimate of drug-likeness (QED) is 0.330. The number of alkyl halides is 4. The highest BCUT2D eigenvalue weighted by Crippen LogP contribution is 2.39. The second kappa shape index (κ2) is 11.3. The summed E-state index contributed by atoms with van der Waals surface area (Å²) in [7, 11) is 1.79. The Labute approximate surface area is 219 Å². The Hall–Kier alpha value is -3.09. The number of pyridine rings is 1. The van der Waals surface area contributed by atoms with Crippen molar-refractivity contribution in [2.24, 2.45) is 4.99 Å². The maximum Gasteiger partial charge on any atom is 0.319 e. The van der Waals surface area contributed by atoms with E-state index >= 15 is 4.39 Å². The van der Waals surface area contributed by atoms with E-state index in [1.165, 1.54) is 18.0 Å². The van der Waals surface area contributed by atoms with Gasteiger partial charge in [-0.2, -0.15) is 9.97 Å². The fraction of sp³-hybridized carbons (Fsp3) is 0.600. The lowest BCUT2D eigenvalue weighted by Crippen LogP contribution is -2.46. The predicted molar refractivity (Wildman–Crippen MR) is 136 cm³/mol. The van der Waals surface area contributed by atoms with Crippen molar-refractivity contribution in [3.63, 3.8) is 0 Å². The van der Waals surface area contributed by atoms with Gasteiger partial charge >= 0.3 is 6.01 Å². The van der Waals surface area contributed by atoms with Crippen LogP contribution in [0.2, 0.25) is 0 Å². The number of allylic oxidation sites excluding steroid dienone is 1. The van der Waals surface area contributed by atoms with Gasteiger partial charge < -0.3 is 14.4 Å². The summed E-state index contributed by atoms with van der Waals surface area (Å²) in [4.78, 5) is 20.0. The van der Waals surface area contributed by atoms with Gasteiger partial charge in [-0.25, -0.2) is 26.9 Å². The fourth-order valence-electron chi connectivity index (χ4n) is 4.92. The van der Waals surface area contributed by atoms with Gasteiger partial charge in [0.15, 0.2) is 5.82 Å². The Balaban J connectivity index is 0.00000420. The van der Waals surface area contributed by atoms with Crippen molar-refractivity contribution in [2.45, 2.75) is 57.9 Å². The van der Waals surface area contributed by atoms with Crippen LogP contribution in [0.4, 0.5) is 27.8 Å². The first-order valence-corrected chi connectivity index (χ1v) is 12.5. The number of hydrogen-bond acceptors (Lipinski definition) is 8. The van der Waals surface area contributed by atoms with Crippen LogP contribution in [0.5, 0.6) is 11.9 Å². The summed E-state index contributed by atoms with van der Waals surface area (Å²) in [6.45, 7) is 4.30. The number of nitrogens with zero attached hydrogens (tertiary/aromatic N) is 6. The summed E-state index contributed by atoms with van der Waals surface area (Å²) in [5.74, 6) is -1.06. The second-order valence-electron chi connectivity index (χ2n) is 9.48. The van der Waals surface area contributed by atoms with Gasteiger partial charge in [-0.15, -0.1) is 0 Å². The maximum atomic E-state index is 16.0. The van der Waals surface area contributed by atoms with Crippen molar-refractivity contribution in [3.8, 4) is 11.9 Å². The molecule has 0 aromatic carbocycles. The zero-order valence-electron chi connectivity index (χ0n) is 21.7. The molecule has 2 aliphatic rings. The molecule has 2 aromatic rings. The first kappa shape index (κ1) is 27.9. The molecular formula is C25H33F5N6O2. The topological polar surface area (TPSA) is 76.0 Å². The largest absolute Gasteiger partial charge is 0.475 e. The molecule has 13 heteroatoms. The molecule has 0 bridgehead atoms. The number of aliphatic imine (C=N–C) groups is 1. The molecule has 0 radical (unpaired) electrons. The number of halogens is 5. The third-order valence-electron chi connectivity index (χ3n) is 6.88. The minimum absolute atomic E-state index is 0. The van der Waals surface area contributed by atoms with E-state index in [2.05, 4.69) is 19.9 Å². The van der Waals surface area contributed by atoms with Crippen LogP contribution in [0, 0.1) is 5.82 Å². The normalized spacial score (nSPS) is 23.4. The van der Waals surface area contributed by atoms with Gasteiger partial charge in [-0.1, -0.05) is 6.92 Å². The van der Waals surface area contributed by atoms with Crippen molar-refractivity contribution in [2.75, 3.05) is 44.8 Å². The van der Waals surface area contributed by atoms with Gasteiger partial charge in [-0.3, -0.25) is 9.89 Å². The molecule has 8 nitrogen and oxygen atoms in total. The van der Waals surface area contributed by atoms with Crippen molar-refractivity contribution in [1.82, 2.24) is 19.9 Å². The van der Waals surface area contributed by atoms with Crippen LogP contribution >= 0.6 is 0 Å². The molecule has 38 heavy (non-hydrogen) atoms. The van der Waals surface area contributed by atoms with Crippen LogP contribution in [0.3, 0.4) is 0 Å². The van der Waals surface area contributed by atoms with Crippen LogP contribution in [-0.2, 0) is 0 Å². The van der Waals surface area contributed by atoms with Crippen LogP contribution in [0.15, 0.2) is 11.1 Å². The average molecular weight is 545 g/mol. The van der Waals surface area contributed by atoms with E-state index in [4.69, 9.17) is 9.47 Å². The molecular weight excluding hydrogens is 511 g/mol. The number of ether oxygens (including phenoxy) is 2. The summed E-state index contributed by atoms with van der Waals surface area (Å²) in [5.41, 5.74) is -1.31. The number of likely N-dealkylation sites (N-methyl/N-ethyl adjacent to an activating group) is 1. The molecule has 4 rings (SSSR count). The third-order valence-corrected chi connectivity index (χ3v) is 6.88. The Bertz CT molecular complexity index is 1230. The van der Waals surface area contributed by atoms with E-state index in [0.29, 0.717) is 6.42 Å². The predicted octanol–water partition coefficient (Wildman–Crippen LogP) is 4.86. The monoisotopic (exact) mass is 544 g/mol. The summed E-state index contributed by atoms with van der Waals surface area (Å²) in [5, 5.41) is -0.00288. The number of aromatic nitrogens is 3. The first-order chi connectivity index (χ1) is 18.1. The van der Waals surface area contributed by atoms with E-state index < -0.39 is 36.7 Å². The highest BCUT2D eigenvalue weighted by Gasteiger charge is 2.43. The third kappa shape index (κ3) is 5.52. The van der Waals surface area contributed by atoms with Gasteiger partial charge in [0.1, 0.15) is 48.0 Å². The number of hydrogen-bond donors (Lipinski definition) is 0. The smallest absolute Gasteiger partial charge is 0.319 e. The van der Waals surface area contributed by atoms with Crippen molar-refractivity contribution in [3.05, 3.63) is 17.6 Å². The Kier molecular flexibility index (Phi) is 8.34. The van der Waals surface area contributed by atoms with Crippen molar-refractivity contribution < 1.29 is 32.9 Å². The summed E-state index contributed by atoms with van der Waals surface area (Å²) >= 11 is 0. The molecule has 0 spiro atoms. The Morgan fingerprint density at radius 3 is 2.68 bits per heavy atom. The Morgan fingerprint density at radius 1 is 1.32 bits per heavy atom. The summed E-state index contributed by atoms with van der Waals surface area (Å²) in [6, 6.07) is -0.261. The molecule has 0 N–H and O–H groups in total. The van der Waals surface area contributed by atoms with Gasteiger partial charge in [0, 0.05) is 20.6 Å². The van der Waals surface area contributed by atoms with E-state index in [-0.39, 0.29) is 74.2 Å². The Morgan fingerprint density at radius 2 is 2.08 bits per heavy atom. The van der Waals surface area contributed by atoms with Crippen LogP contribution in [-0.4, -0.2) is 90.3 Å². The van der Waals surface area contributed by atoms with E-state index in [1.54, 1.807) is 14.0 Å². The lowest BCUT2D eigenvalue weighted by Gasteiger charge is -2.34. The molecule has 210 valence electrons. The molecule has 0 amide bonds. The molecule has 4 heterocycles. The van der Waals surface area contributed by atoms with Gasteiger partial charge in [0.2, 0.25) is 5.88 Å². The summed E-state index contributed by atoms with van der Waals surface area (Å²) in [6.07, 6.45) is -1.92. The van der Waals surface area contributed by atoms with Crippen molar-refractivity contribution in [1.29, 1.82) is 0 Å². The van der Waals surface area contributed by atoms with E-state index in [0.717, 1.165) is 6.08 Å². The number of anilines is 1. The molecule has 0 aliphatic carbocycles. The van der Waals surface area contributed by atoms with Gasteiger partial charge in [-0.05, 0) is 33.4 Å². The number of rotatable bonds is 9. The van der Waals surface area contributed by atoms with Crippen LogP contribution < -0.4 is 14.4 Å². The van der Waals surface area contributed by atoms with Crippen LogP contribution in [0.1, 0.15) is 40.7 Å². The van der Waals surface area contributed by atoms with Crippen molar-refractivity contribution >= 4 is 28.6 Å². The lowest BCUT2D eigenvalue weighted by molar-refractivity contribution is 0.0877. The standard InChI is InChI=1S/C25H31F5N6O2.H2/c1-5-25(10-15(27)11-35(25)4)13-38-24-33-21-18-22(34-24)36(12-17(28)29)7-8-37-23(18)32-20(19(21)30)16(31-6-2)9-14(3)26;/h6,9,14-15,17H,5,7-8,10-13H2,1-4H3;1H/b16-9+,31-6?;/t14?,15-,25+;/m1./s1. The molecule has 0 saturated carbocycles. The molecule has 1 unspecified atom stereocenters. The van der Waals surface area contributed by atoms with Gasteiger partial charge in [0.25, 0.3) is 6.43 Å². The molecule has 3 atom stereocenters. The lowest BCUT2D eigenvalue weighted by atomic mass is 9.94. The molecule has 2 aliphatic heterocycles. The minimum Gasteiger partial charge on any atom is -0.475 e. The van der Waals surface area contributed by atoms with Crippen LogP contribution in [0.25, 0.3) is 16.6 Å². The average Bonchev–Trinajstić information content (AvgIpc) is 3.04. The van der Waals surface area contributed by atoms with Gasteiger partial charge in [0.05, 0.1) is 24.3 Å².